The maximum atomic E-state index is 6.65. The normalized spacial score (nSPS) is 13.8. The van der Waals surface area contributed by atoms with Gasteiger partial charge in [0.2, 0.25) is 0 Å². The second kappa shape index (κ2) is 6.61. The Hall–Kier alpha value is -2.83. The second-order valence-electron chi connectivity index (χ2n) is 8.10. The number of halogens is 1. The lowest BCUT2D eigenvalue weighted by Crippen LogP contribution is -2.28. The lowest BCUT2D eigenvalue weighted by atomic mass is 9.67. The maximum absolute atomic E-state index is 6.65. The van der Waals surface area contributed by atoms with Crippen LogP contribution in [0.4, 0.5) is 0 Å². The third-order valence-corrected chi connectivity index (χ3v) is 6.90. The highest BCUT2D eigenvalue weighted by Crippen LogP contribution is 2.56. The fraction of sp³-hybridized carbons (Fsp3) is 0.143. The van der Waals surface area contributed by atoms with Crippen molar-refractivity contribution in [1.29, 1.82) is 0 Å². The summed E-state index contributed by atoms with van der Waals surface area (Å²) in [5.74, 6) is 0. The molecule has 29 heavy (non-hydrogen) atoms. The summed E-state index contributed by atoms with van der Waals surface area (Å²) in [6, 6.07) is 31.0. The number of fused-ring (bicyclic) bond motifs is 3. The van der Waals surface area contributed by atoms with Gasteiger partial charge in [0, 0.05) is 5.02 Å². The molecule has 0 aromatic heterocycles. The molecular weight excluding hydrogens is 372 g/mol. The Bertz CT molecular complexity index is 1150. The minimum atomic E-state index is -0.372. The van der Waals surface area contributed by atoms with Gasteiger partial charge in [0.05, 0.1) is 5.41 Å². The van der Waals surface area contributed by atoms with Crippen LogP contribution in [0.1, 0.15) is 38.9 Å². The van der Waals surface area contributed by atoms with E-state index in [1.54, 1.807) is 0 Å². The van der Waals surface area contributed by atoms with Crippen molar-refractivity contribution in [1.82, 2.24) is 0 Å². The Labute approximate surface area is 177 Å². The summed E-state index contributed by atoms with van der Waals surface area (Å²) in [5.41, 5.74) is 11.1. The summed E-state index contributed by atoms with van der Waals surface area (Å²) in [7, 11) is 0. The van der Waals surface area contributed by atoms with Crippen LogP contribution in [-0.2, 0) is 5.41 Å². The molecule has 0 N–H and O–H groups in total. The first-order valence-corrected chi connectivity index (χ1v) is 10.4. The molecule has 1 aliphatic rings. The predicted molar refractivity (Wildman–Crippen MR) is 123 cm³/mol. The van der Waals surface area contributed by atoms with E-state index in [0.717, 1.165) is 10.6 Å². The van der Waals surface area contributed by atoms with Gasteiger partial charge in [-0.2, -0.15) is 0 Å². The van der Waals surface area contributed by atoms with Crippen molar-refractivity contribution in [3.63, 3.8) is 0 Å². The monoisotopic (exact) mass is 394 g/mol. The van der Waals surface area contributed by atoms with Gasteiger partial charge in [-0.1, -0.05) is 90.5 Å². The first-order chi connectivity index (χ1) is 14.0. The fourth-order valence-corrected chi connectivity index (χ4v) is 5.01. The minimum absolute atomic E-state index is 0.372. The van der Waals surface area contributed by atoms with Gasteiger partial charge in [-0.15, -0.1) is 0 Å². The van der Waals surface area contributed by atoms with Gasteiger partial charge >= 0.3 is 0 Å². The van der Waals surface area contributed by atoms with Crippen LogP contribution in [0.3, 0.4) is 0 Å². The Morgan fingerprint density at radius 1 is 0.552 bits per heavy atom. The molecule has 5 rings (SSSR count). The first-order valence-electron chi connectivity index (χ1n) is 10.1. The molecule has 0 unspecified atom stereocenters. The molecule has 0 amide bonds. The van der Waals surface area contributed by atoms with Crippen LogP contribution >= 0.6 is 11.6 Å². The highest BCUT2D eigenvalue weighted by molar-refractivity contribution is 6.31. The van der Waals surface area contributed by atoms with Gasteiger partial charge in [0.15, 0.2) is 0 Å². The number of hydrogen-bond donors (Lipinski definition) is 0. The van der Waals surface area contributed by atoms with Crippen LogP contribution in [-0.4, -0.2) is 0 Å². The van der Waals surface area contributed by atoms with Crippen molar-refractivity contribution in [2.24, 2.45) is 0 Å². The molecule has 0 radical (unpaired) electrons. The zero-order valence-corrected chi connectivity index (χ0v) is 17.7. The lowest BCUT2D eigenvalue weighted by Gasteiger charge is -2.34. The van der Waals surface area contributed by atoms with E-state index in [2.05, 4.69) is 106 Å². The number of aryl methyl sites for hydroxylation is 3. The number of hydrogen-bond acceptors (Lipinski definition) is 0. The Kier molecular flexibility index (Phi) is 4.15. The number of rotatable bonds is 2. The Morgan fingerprint density at radius 2 is 1.07 bits per heavy atom. The average molecular weight is 395 g/mol. The van der Waals surface area contributed by atoms with E-state index in [1.807, 2.05) is 0 Å². The molecule has 4 aromatic rings. The van der Waals surface area contributed by atoms with Gasteiger partial charge in [-0.3, -0.25) is 0 Å². The molecule has 0 heterocycles. The molecule has 4 aromatic carbocycles. The first kappa shape index (κ1) is 18.2. The molecule has 0 saturated carbocycles. The van der Waals surface area contributed by atoms with Crippen molar-refractivity contribution in [2.75, 3.05) is 0 Å². The van der Waals surface area contributed by atoms with E-state index in [0.29, 0.717) is 0 Å². The average Bonchev–Trinajstić information content (AvgIpc) is 3.04. The molecular formula is C28H23Cl. The molecule has 1 heteroatoms. The van der Waals surface area contributed by atoms with Crippen molar-refractivity contribution < 1.29 is 0 Å². The van der Waals surface area contributed by atoms with Gasteiger partial charge in [0.1, 0.15) is 0 Å². The SMILES string of the molecule is Cc1ccc(C2(c3ccc(C)c(Cl)c3)c3ccccc3-c3ccccc32)cc1C. The lowest BCUT2D eigenvalue weighted by molar-refractivity contribution is 0.766. The maximum Gasteiger partial charge on any atom is 0.0714 e. The van der Waals surface area contributed by atoms with Gasteiger partial charge in [-0.05, 0) is 76.9 Å². The van der Waals surface area contributed by atoms with Crippen molar-refractivity contribution in [3.05, 3.63) is 129 Å². The predicted octanol–water partition coefficient (Wildman–Crippen LogP) is 7.63. The van der Waals surface area contributed by atoms with E-state index in [9.17, 15) is 0 Å². The van der Waals surface area contributed by atoms with Crippen LogP contribution in [0.2, 0.25) is 5.02 Å². The third kappa shape index (κ3) is 2.52. The molecule has 1 aliphatic carbocycles. The largest absolute Gasteiger partial charge is 0.0840 e. The third-order valence-electron chi connectivity index (χ3n) is 6.50. The summed E-state index contributed by atoms with van der Waals surface area (Å²) in [4.78, 5) is 0. The summed E-state index contributed by atoms with van der Waals surface area (Å²) in [5, 5.41) is 0.813. The van der Waals surface area contributed by atoms with Crippen molar-refractivity contribution in [3.8, 4) is 11.1 Å². The molecule has 0 spiro atoms. The molecule has 0 nitrogen and oxygen atoms in total. The Morgan fingerprint density at radius 3 is 1.62 bits per heavy atom. The minimum Gasteiger partial charge on any atom is -0.0840 e. The summed E-state index contributed by atoms with van der Waals surface area (Å²) in [6.07, 6.45) is 0. The summed E-state index contributed by atoms with van der Waals surface area (Å²) >= 11 is 6.65. The van der Waals surface area contributed by atoms with Crippen LogP contribution in [0.5, 0.6) is 0 Å². The van der Waals surface area contributed by atoms with E-state index in [4.69, 9.17) is 11.6 Å². The van der Waals surface area contributed by atoms with Gasteiger partial charge < -0.3 is 0 Å². The summed E-state index contributed by atoms with van der Waals surface area (Å²) in [6.45, 7) is 6.43. The van der Waals surface area contributed by atoms with Gasteiger partial charge in [-0.25, -0.2) is 0 Å². The van der Waals surface area contributed by atoms with Crippen molar-refractivity contribution >= 4 is 11.6 Å². The van der Waals surface area contributed by atoms with E-state index in [-0.39, 0.29) is 5.41 Å². The fourth-order valence-electron chi connectivity index (χ4n) is 4.82. The van der Waals surface area contributed by atoms with Crippen LogP contribution in [0.25, 0.3) is 11.1 Å². The van der Waals surface area contributed by atoms with Crippen LogP contribution in [0.15, 0.2) is 84.9 Å². The molecule has 0 bridgehead atoms. The van der Waals surface area contributed by atoms with E-state index >= 15 is 0 Å². The smallest absolute Gasteiger partial charge is 0.0714 e. The van der Waals surface area contributed by atoms with Crippen molar-refractivity contribution in [2.45, 2.75) is 26.2 Å². The topological polar surface area (TPSA) is 0 Å². The standard InChI is InChI=1S/C28H23Cl/c1-18-12-14-21(16-20(18)3)28(22-15-13-19(2)27(29)17-22)25-10-6-4-8-23(25)24-9-5-7-11-26(24)28/h4-17H,1-3H3. The molecule has 142 valence electrons. The van der Waals surface area contributed by atoms with Gasteiger partial charge in [0.25, 0.3) is 0 Å². The zero-order valence-electron chi connectivity index (χ0n) is 17.0. The van der Waals surface area contributed by atoms with Crippen LogP contribution < -0.4 is 0 Å². The molecule has 0 aliphatic heterocycles. The molecule has 0 saturated heterocycles. The Balaban J connectivity index is 1.97. The molecule has 0 atom stereocenters. The quantitative estimate of drug-likeness (QED) is 0.288. The second-order valence-corrected chi connectivity index (χ2v) is 8.51. The highest BCUT2D eigenvalue weighted by atomic mass is 35.5. The number of benzene rings is 4. The zero-order chi connectivity index (χ0) is 20.2. The highest BCUT2D eigenvalue weighted by Gasteiger charge is 2.46. The van der Waals surface area contributed by atoms with E-state index in [1.165, 1.54) is 44.5 Å². The van der Waals surface area contributed by atoms with E-state index < -0.39 is 0 Å². The molecule has 0 fully saturated rings. The van der Waals surface area contributed by atoms with Crippen LogP contribution in [0, 0.1) is 20.8 Å². The summed E-state index contributed by atoms with van der Waals surface area (Å²) < 4.78 is 0.